The second kappa shape index (κ2) is 9.57. The molecule has 0 unspecified atom stereocenters. The number of aromatic nitrogens is 1. The van der Waals surface area contributed by atoms with Crippen LogP contribution in [0.15, 0.2) is 48.5 Å². The van der Waals surface area contributed by atoms with E-state index in [1.54, 1.807) is 0 Å². The van der Waals surface area contributed by atoms with Crippen molar-refractivity contribution in [2.24, 2.45) is 5.73 Å². The van der Waals surface area contributed by atoms with Gasteiger partial charge in [0.1, 0.15) is 0 Å². The van der Waals surface area contributed by atoms with Crippen molar-refractivity contribution < 1.29 is 4.79 Å². The van der Waals surface area contributed by atoms with Crippen molar-refractivity contribution in [3.05, 3.63) is 65.2 Å². The molecule has 0 atom stereocenters. The summed E-state index contributed by atoms with van der Waals surface area (Å²) in [5.74, 6) is 0.0755. The Hall–Kier alpha value is -2.14. The Morgan fingerprint density at radius 3 is 2.41 bits per heavy atom. The number of aryl methyl sites for hydroxylation is 2. The first-order valence-electron chi connectivity index (χ1n) is 9.55. The Labute approximate surface area is 184 Å². The van der Waals surface area contributed by atoms with Crippen molar-refractivity contribution in [3.8, 4) is 11.3 Å². The van der Waals surface area contributed by atoms with E-state index >= 15 is 0 Å². The highest BCUT2D eigenvalue weighted by Gasteiger charge is 2.24. The summed E-state index contributed by atoms with van der Waals surface area (Å²) < 4.78 is 0. The zero-order chi connectivity index (χ0) is 19.0. The molecule has 6 heteroatoms. The average Bonchev–Trinajstić information content (AvgIpc) is 2.67. The number of para-hydroxylation sites is 1. The van der Waals surface area contributed by atoms with Gasteiger partial charge in [0.25, 0.3) is 5.91 Å². The van der Waals surface area contributed by atoms with Gasteiger partial charge in [-0.05, 0) is 44.4 Å². The SMILES string of the molecule is Cc1ccc(-c2cc(C(=O)N3CCC(N)CC3)c3ccccc3n2)c(C)c1.Cl.Cl. The maximum Gasteiger partial charge on any atom is 0.254 e. The van der Waals surface area contributed by atoms with Gasteiger partial charge in [-0.2, -0.15) is 0 Å². The average molecular weight is 432 g/mol. The highest BCUT2D eigenvalue weighted by atomic mass is 35.5. The molecule has 1 saturated heterocycles. The molecular weight excluding hydrogens is 405 g/mol. The van der Waals surface area contributed by atoms with Crippen LogP contribution in [0.3, 0.4) is 0 Å². The van der Waals surface area contributed by atoms with Gasteiger partial charge in [0.2, 0.25) is 0 Å². The number of carbonyl (C=O) groups is 1. The van der Waals surface area contributed by atoms with Gasteiger partial charge in [-0.15, -0.1) is 24.8 Å². The summed E-state index contributed by atoms with van der Waals surface area (Å²) in [6, 6.07) is 16.4. The third-order valence-electron chi connectivity index (χ3n) is 5.43. The number of hydrogen-bond donors (Lipinski definition) is 1. The lowest BCUT2D eigenvalue weighted by atomic mass is 9.98. The number of fused-ring (bicyclic) bond motifs is 1. The van der Waals surface area contributed by atoms with Crippen molar-refractivity contribution in [1.29, 1.82) is 0 Å². The number of carbonyl (C=O) groups excluding carboxylic acids is 1. The molecule has 4 rings (SSSR count). The van der Waals surface area contributed by atoms with E-state index in [9.17, 15) is 4.79 Å². The normalized spacial score (nSPS) is 14.2. The number of benzene rings is 2. The Morgan fingerprint density at radius 1 is 1.03 bits per heavy atom. The van der Waals surface area contributed by atoms with Gasteiger partial charge in [0.15, 0.2) is 0 Å². The van der Waals surface area contributed by atoms with Gasteiger partial charge in [-0.3, -0.25) is 4.79 Å². The molecule has 0 saturated carbocycles. The molecule has 0 radical (unpaired) electrons. The molecule has 29 heavy (non-hydrogen) atoms. The van der Waals surface area contributed by atoms with E-state index in [0.29, 0.717) is 0 Å². The van der Waals surface area contributed by atoms with E-state index in [2.05, 4.69) is 32.0 Å². The minimum absolute atomic E-state index is 0. The van der Waals surface area contributed by atoms with Crippen LogP contribution in [-0.4, -0.2) is 34.9 Å². The number of nitrogens with two attached hydrogens (primary N) is 1. The van der Waals surface area contributed by atoms with Crippen LogP contribution >= 0.6 is 24.8 Å². The van der Waals surface area contributed by atoms with Crippen molar-refractivity contribution in [2.45, 2.75) is 32.7 Å². The molecule has 2 aromatic carbocycles. The Bertz CT molecular complexity index is 1010. The molecule has 1 aliphatic heterocycles. The molecule has 1 fully saturated rings. The molecule has 1 amide bonds. The Morgan fingerprint density at radius 2 is 1.72 bits per heavy atom. The first-order chi connectivity index (χ1) is 13.0. The fraction of sp³-hybridized carbons (Fsp3) is 0.304. The lowest BCUT2D eigenvalue weighted by Crippen LogP contribution is -2.42. The summed E-state index contributed by atoms with van der Waals surface area (Å²) in [5, 5.41) is 0.908. The number of hydrogen-bond acceptors (Lipinski definition) is 3. The highest BCUT2D eigenvalue weighted by molar-refractivity contribution is 6.07. The van der Waals surface area contributed by atoms with Crippen LogP contribution in [0.25, 0.3) is 22.2 Å². The van der Waals surface area contributed by atoms with Crippen LogP contribution in [0.1, 0.15) is 34.3 Å². The van der Waals surface area contributed by atoms with E-state index in [0.717, 1.165) is 53.7 Å². The first-order valence-corrected chi connectivity index (χ1v) is 9.55. The predicted molar refractivity (Wildman–Crippen MR) is 124 cm³/mol. The monoisotopic (exact) mass is 431 g/mol. The van der Waals surface area contributed by atoms with Gasteiger partial charge >= 0.3 is 0 Å². The van der Waals surface area contributed by atoms with Crippen LogP contribution in [0.2, 0.25) is 0 Å². The van der Waals surface area contributed by atoms with E-state index in [1.165, 1.54) is 11.1 Å². The fourth-order valence-corrected chi connectivity index (χ4v) is 3.86. The van der Waals surface area contributed by atoms with E-state index in [1.807, 2.05) is 35.2 Å². The summed E-state index contributed by atoms with van der Waals surface area (Å²) in [6.45, 7) is 5.61. The van der Waals surface area contributed by atoms with Crippen LogP contribution in [0, 0.1) is 13.8 Å². The van der Waals surface area contributed by atoms with Gasteiger partial charge in [-0.1, -0.05) is 42.0 Å². The van der Waals surface area contributed by atoms with Crippen LogP contribution in [-0.2, 0) is 0 Å². The quantitative estimate of drug-likeness (QED) is 0.625. The smallest absolute Gasteiger partial charge is 0.254 e. The largest absolute Gasteiger partial charge is 0.339 e. The molecule has 2 heterocycles. The Kier molecular flexibility index (Phi) is 7.64. The maximum absolute atomic E-state index is 13.3. The third kappa shape index (κ3) is 4.72. The molecular formula is C23H27Cl2N3O. The fourth-order valence-electron chi connectivity index (χ4n) is 3.86. The van der Waals surface area contributed by atoms with Gasteiger partial charge in [0, 0.05) is 30.1 Å². The Balaban J connectivity index is 0.00000150. The zero-order valence-corrected chi connectivity index (χ0v) is 18.4. The van der Waals surface area contributed by atoms with Gasteiger partial charge in [-0.25, -0.2) is 4.98 Å². The van der Waals surface area contributed by atoms with Gasteiger partial charge in [0.05, 0.1) is 16.8 Å². The number of rotatable bonds is 2. The summed E-state index contributed by atoms with van der Waals surface area (Å²) in [6.07, 6.45) is 1.72. The second-order valence-corrected chi connectivity index (χ2v) is 7.52. The maximum atomic E-state index is 13.3. The standard InChI is InChI=1S/C23H25N3O.2ClH/c1-15-7-8-18(16(2)13-15)22-14-20(19-5-3-4-6-21(19)25-22)23(27)26-11-9-17(24)10-12-26;;/h3-8,13-14,17H,9-12,24H2,1-2H3;2*1H. The molecule has 0 spiro atoms. The van der Waals surface area contributed by atoms with Crippen LogP contribution in [0.5, 0.6) is 0 Å². The first kappa shape index (κ1) is 23.1. The summed E-state index contributed by atoms with van der Waals surface area (Å²) in [7, 11) is 0. The molecule has 154 valence electrons. The van der Waals surface area contributed by atoms with Crippen LogP contribution in [0.4, 0.5) is 0 Å². The lowest BCUT2D eigenvalue weighted by Gasteiger charge is -2.30. The van der Waals surface area contributed by atoms with Crippen molar-refractivity contribution in [2.75, 3.05) is 13.1 Å². The number of amides is 1. The van der Waals surface area contributed by atoms with Crippen molar-refractivity contribution in [3.63, 3.8) is 0 Å². The van der Waals surface area contributed by atoms with Crippen molar-refractivity contribution >= 4 is 41.6 Å². The third-order valence-corrected chi connectivity index (χ3v) is 5.43. The minimum atomic E-state index is 0. The zero-order valence-electron chi connectivity index (χ0n) is 16.7. The number of pyridine rings is 1. The predicted octanol–water partition coefficient (Wildman–Crippen LogP) is 4.93. The molecule has 2 N–H and O–H groups in total. The molecule has 1 aliphatic rings. The van der Waals surface area contributed by atoms with E-state index in [4.69, 9.17) is 10.7 Å². The summed E-state index contributed by atoms with van der Waals surface area (Å²) >= 11 is 0. The summed E-state index contributed by atoms with van der Waals surface area (Å²) in [5.41, 5.74) is 11.9. The summed E-state index contributed by atoms with van der Waals surface area (Å²) in [4.78, 5) is 20.1. The minimum Gasteiger partial charge on any atom is -0.339 e. The van der Waals surface area contributed by atoms with Crippen molar-refractivity contribution in [1.82, 2.24) is 9.88 Å². The number of likely N-dealkylation sites (tertiary alicyclic amines) is 1. The molecule has 0 bridgehead atoms. The van der Waals surface area contributed by atoms with E-state index in [-0.39, 0.29) is 36.8 Å². The lowest BCUT2D eigenvalue weighted by molar-refractivity contribution is 0.0716. The topological polar surface area (TPSA) is 59.2 Å². The van der Waals surface area contributed by atoms with E-state index < -0.39 is 0 Å². The highest BCUT2D eigenvalue weighted by Crippen LogP contribution is 2.29. The molecule has 3 aromatic rings. The molecule has 1 aromatic heterocycles. The molecule has 4 nitrogen and oxygen atoms in total. The van der Waals surface area contributed by atoms with Crippen LogP contribution < -0.4 is 5.73 Å². The number of piperidine rings is 1. The molecule has 0 aliphatic carbocycles. The van der Waals surface area contributed by atoms with Gasteiger partial charge < -0.3 is 10.6 Å². The number of nitrogens with zero attached hydrogens (tertiary/aromatic N) is 2. The number of halogens is 2. The second-order valence-electron chi connectivity index (χ2n) is 7.52.